The fraction of sp³-hybridized carbons (Fsp3) is 0.462. The Balaban J connectivity index is 2.02. The number of anilines is 1. The molecule has 0 radical (unpaired) electrons. The molecule has 2 atom stereocenters. The van der Waals surface area contributed by atoms with E-state index in [-0.39, 0.29) is 11.9 Å². The molecule has 0 aliphatic carbocycles. The minimum absolute atomic E-state index is 0.0308. The second-order valence-electron chi connectivity index (χ2n) is 4.42. The van der Waals surface area contributed by atoms with Crippen LogP contribution >= 0.6 is 0 Å². The Bertz CT molecular complexity index is 406. The van der Waals surface area contributed by atoms with Crippen molar-refractivity contribution in [1.82, 2.24) is 5.32 Å². The number of rotatable bonds is 3. The van der Waals surface area contributed by atoms with Crippen LogP contribution in [0.5, 0.6) is 5.75 Å². The average Bonchev–Trinajstić information content (AvgIpc) is 2.76. The Morgan fingerprint density at radius 2 is 2.35 bits per heavy atom. The molecule has 0 bridgehead atoms. The van der Waals surface area contributed by atoms with Crippen LogP contribution in [0.4, 0.5) is 5.69 Å². The molecule has 0 saturated carbocycles. The van der Waals surface area contributed by atoms with Gasteiger partial charge in [0.2, 0.25) is 5.91 Å². The monoisotopic (exact) mass is 234 g/mol. The number of ether oxygens (including phenoxy) is 1. The molecule has 1 aliphatic heterocycles. The van der Waals surface area contributed by atoms with Gasteiger partial charge in [0.1, 0.15) is 5.75 Å². The number of amides is 1. The maximum atomic E-state index is 12.0. The van der Waals surface area contributed by atoms with Crippen LogP contribution in [0.15, 0.2) is 24.3 Å². The average molecular weight is 234 g/mol. The number of methoxy groups -OCH3 is 1. The van der Waals surface area contributed by atoms with Gasteiger partial charge in [0.25, 0.3) is 0 Å². The van der Waals surface area contributed by atoms with Crippen LogP contribution in [0.2, 0.25) is 0 Å². The molecule has 0 aromatic heterocycles. The molecule has 17 heavy (non-hydrogen) atoms. The number of nitrogens with one attached hydrogen (secondary N) is 2. The van der Waals surface area contributed by atoms with Gasteiger partial charge in [0, 0.05) is 11.8 Å². The molecule has 2 unspecified atom stereocenters. The highest BCUT2D eigenvalue weighted by Gasteiger charge is 2.29. The molecule has 1 aliphatic rings. The summed E-state index contributed by atoms with van der Waals surface area (Å²) in [5.74, 6) is 1.17. The molecule has 4 heteroatoms. The number of carbonyl (C=O) groups excluding carboxylic acids is 1. The van der Waals surface area contributed by atoms with E-state index in [0.29, 0.717) is 5.92 Å². The van der Waals surface area contributed by atoms with Crippen LogP contribution in [-0.4, -0.2) is 25.6 Å². The van der Waals surface area contributed by atoms with Gasteiger partial charge in [-0.15, -0.1) is 0 Å². The predicted octanol–water partition coefficient (Wildman–Crippen LogP) is 1.63. The summed E-state index contributed by atoms with van der Waals surface area (Å²) in [5.41, 5.74) is 0.773. The maximum absolute atomic E-state index is 12.0. The minimum Gasteiger partial charge on any atom is -0.497 e. The molecule has 4 nitrogen and oxygen atoms in total. The quantitative estimate of drug-likeness (QED) is 0.835. The van der Waals surface area contributed by atoms with Crippen molar-refractivity contribution in [3.8, 4) is 5.75 Å². The largest absolute Gasteiger partial charge is 0.497 e. The van der Waals surface area contributed by atoms with E-state index in [9.17, 15) is 4.79 Å². The number of carbonyl (C=O) groups is 1. The third-order valence-electron chi connectivity index (χ3n) is 3.15. The van der Waals surface area contributed by atoms with Crippen molar-refractivity contribution in [2.45, 2.75) is 19.4 Å². The number of benzene rings is 1. The van der Waals surface area contributed by atoms with E-state index in [4.69, 9.17) is 4.74 Å². The Morgan fingerprint density at radius 3 is 3.00 bits per heavy atom. The molecule has 1 aromatic rings. The van der Waals surface area contributed by atoms with Crippen molar-refractivity contribution in [1.29, 1.82) is 0 Å². The van der Waals surface area contributed by atoms with E-state index in [2.05, 4.69) is 17.6 Å². The second kappa shape index (κ2) is 5.19. The first-order chi connectivity index (χ1) is 8.20. The summed E-state index contributed by atoms with van der Waals surface area (Å²) in [6.07, 6.45) is 1.05. The standard InChI is InChI=1S/C13H18N2O2/c1-9-6-7-14-12(9)13(16)15-10-4-3-5-11(8-10)17-2/h3-5,8-9,12,14H,6-7H2,1-2H3,(H,15,16). The molecule has 2 rings (SSSR count). The molecular weight excluding hydrogens is 216 g/mol. The molecule has 0 spiro atoms. The van der Waals surface area contributed by atoms with E-state index < -0.39 is 0 Å². The Kier molecular flexibility index (Phi) is 3.64. The Morgan fingerprint density at radius 1 is 1.53 bits per heavy atom. The van der Waals surface area contributed by atoms with Gasteiger partial charge >= 0.3 is 0 Å². The molecule has 1 saturated heterocycles. The summed E-state index contributed by atoms with van der Waals surface area (Å²) in [4.78, 5) is 12.0. The summed E-state index contributed by atoms with van der Waals surface area (Å²) >= 11 is 0. The molecule has 1 amide bonds. The summed E-state index contributed by atoms with van der Waals surface area (Å²) in [6.45, 7) is 3.01. The van der Waals surface area contributed by atoms with Crippen LogP contribution in [0.1, 0.15) is 13.3 Å². The molecule has 2 N–H and O–H groups in total. The lowest BCUT2D eigenvalue weighted by Gasteiger charge is -2.15. The minimum atomic E-state index is -0.0822. The first-order valence-corrected chi connectivity index (χ1v) is 5.89. The fourth-order valence-electron chi connectivity index (χ4n) is 2.11. The smallest absolute Gasteiger partial charge is 0.241 e. The van der Waals surface area contributed by atoms with E-state index in [0.717, 1.165) is 24.4 Å². The van der Waals surface area contributed by atoms with Gasteiger partial charge in [-0.1, -0.05) is 13.0 Å². The maximum Gasteiger partial charge on any atom is 0.241 e. The molecule has 92 valence electrons. The van der Waals surface area contributed by atoms with Crippen molar-refractivity contribution in [3.05, 3.63) is 24.3 Å². The highest BCUT2D eigenvalue weighted by molar-refractivity contribution is 5.95. The third-order valence-corrected chi connectivity index (χ3v) is 3.15. The Hall–Kier alpha value is -1.55. The summed E-state index contributed by atoms with van der Waals surface area (Å²) in [7, 11) is 1.61. The summed E-state index contributed by atoms with van der Waals surface area (Å²) in [6, 6.07) is 7.31. The zero-order chi connectivity index (χ0) is 12.3. The van der Waals surface area contributed by atoms with E-state index in [1.807, 2.05) is 24.3 Å². The van der Waals surface area contributed by atoms with Crippen LogP contribution in [0.3, 0.4) is 0 Å². The topological polar surface area (TPSA) is 50.4 Å². The van der Waals surface area contributed by atoms with Crippen LogP contribution < -0.4 is 15.4 Å². The van der Waals surface area contributed by atoms with E-state index in [1.165, 1.54) is 0 Å². The number of hydrogen-bond donors (Lipinski definition) is 2. The van der Waals surface area contributed by atoms with Crippen molar-refractivity contribution < 1.29 is 9.53 Å². The highest BCUT2D eigenvalue weighted by atomic mass is 16.5. The fourth-order valence-corrected chi connectivity index (χ4v) is 2.11. The van der Waals surface area contributed by atoms with Crippen LogP contribution in [0.25, 0.3) is 0 Å². The summed E-state index contributed by atoms with van der Waals surface area (Å²) < 4.78 is 5.12. The van der Waals surface area contributed by atoms with Crippen LogP contribution in [0, 0.1) is 5.92 Å². The van der Waals surface area contributed by atoms with Gasteiger partial charge in [-0.3, -0.25) is 4.79 Å². The number of hydrogen-bond acceptors (Lipinski definition) is 3. The van der Waals surface area contributed by atoms with Crippen molar-refractivity contribution >= 4 is 11.6 Å². The van der Waals surface area contributed by atoms with Gasteiger partial charge < -0.3 is 15.4 Å². The van der Waals surface area contributed by atoms with Crippen molar-refractivity contribution in [3.63, 3.8) is 0 Å². The van der Waals surface area contributed by atoms with E-state index in [1.54, 1.807) is 7.11 Å². The van der Waals surface area contributed by atoms with Gasteiger partial charge in [-0.05, 0) is 31.0 Å². The molecule has 1 heterocycles. The van der Waals surface area contributed by atoms with Crippen molar-refractivity contribution in [2.75, 3.05) is 19.0 Å². The first-order valence-electron chi connectivity index (χ1n) is 5.89. The van der Waals surface area contributed by atoms with Crippen molar-refractivity contribution in [2.24, 2.45) is 5.92 Å². The second-order valence-corrected chi connectivity index (χ2v) is 4.42. The molecule has 1 fully saturated rings. The molecular formula is C13H18N2O2. The zero-order valence-electron chi connectivity index (χ0n) is 10.2. The summed E-state index contributed by atoms with van der Waals surface area (Å²) in [5, 5.41) is 6.12. The highest BCUT2D eigenvalue weighted by Crippen LogP contribution is 2.19. The predicted molar refractivity (Wildman–Crippen MR) is 67.2 cm³/mol. The normalized spacial score (nSPS) is 23.4. The van der Waals surface area contributed by atoms with Gasteiger partial charge in [-0.25, -0.2) is 0 Å². The van der Waals surface area contributed by atoms with Crippen LogP contribution in [-0.2, 0) is 4.79 Å². The van der Waals surface area contributed by atoms with E-state index >= 15 is 0 Å². The molecule has 1 aromatic carbocycles. The van der Waals surface area contributed by atoms with Gasteiger partial charge in [0.15, 0.2) is 0 Å². The first kappa shape index (κ1) is 11.9. The lowest BCUT2D eigenvalue weighted by molar-refractivity contribution is -0.118. The Labute approximate surface area is 101 Å². The SMILES string of the molecule is COc1cccc(NC(=O)C2NCCC2C)c1. The lowest BCUT2D eigenvalue weighted by atomic mass is 10.0. The zero-order valence-corrected chi connectivity index (χ0v) is 10.2. The lowest BCUT2D eigenvalue weighted by Crippen LogP contribution is -2.39. The third kappa shape index (κ3) is 2.77. The van der Waals surface area contributed by atoms with Gasteiger partial charge in [0.05, 0.1) is 13.2 Å². The van der Waals surface area contributed by atoms with Gasteiger partial charge in [-0.2, -0.15) is 0 Å².